The van der Waals surface area contributed by atoms with Crippen molar-refractivity contribution in [2.75, 3.05) is 6.54 Å². The fourth-order valence-electron chi connectivity index (χ4n) is 4.21. The summed E-state index contributed by atoms with van der Waals surface area (Å²) in [7, 11) is 0. The second kappa shape index (κ2) is 8.53. The van der Waals surface area contributed by atoms with Gasteiger partial charge in [-0.3, -0.25) is 4.99 Å². The summed E-state index contributed by atoms with van der Waals surface area (Å²) in [4.78, 5) is 7.75. The minimum absolute atomic E-state index is 0. The molecule has 0 N–H and O–H groups in total. The van der Waals surface area contributed by atoms with Crippen molar-refractivity contribution in [1.29, 1.82) is 0 Å². The number of hydrogen-bond acceptors (Lipinski definition) is 1. The predicted octanol–water partition coefficient (Wildman–Crippen LogP) is 5.44. The second-order valence-electron chi connectivity index (χ2n) is 7.07. The van der Waals surface area contributed by atoms with Gasteiger partial charge in [0.25, 0.3) is 0 Å². The van der Waals surface area contributed by atoms with Gasteiger partial charge in [-0.2, -0.15) is 0 Å². The SMILES string of the molecule is Cl.c1ccc(CN2CCC/C2=N\[C@H]2CCC[C@H]2c2ccccc2)cc1. The van der Waals surface area contributed by atoms with Crippen molar-refractivity contribution in [3.8, 4) is 0 Å². The van der Waals surface area contributed by atoms with Crippen molar-refractivity contribution in [3.05, 3.63) is 71.8 Å². The van der Waals surface area contributed by atoms with Gasteiger partial charge in [0.2, 0.25) is 0 Å². The van der Waals surface area contributed by atoms with E-state index in [9.17, 15) is 0 Å². The van der Waals surface area contributed by atoms with Crippen molar-refractivity contribution in [3.63, 3.8) is 0 Å². The molecule has 0 spiro atoms. The Morgan fingerprint density at radius 1 is 0.880 bits per heavy atom. The molecule has 2 atom stereocenters. The molecule has 1 saturated carbocycles. The maximum absolute atomic E-state index is 5.25. The van der Waals surface area contributed by atoms with Crippen molar-refractivity contribution < 1.29 is 0 Å². The third-order valence-corrected chi connectivity index (χ3v) is 5.43. The molecule has 2 nitrogen and oxygen atoms in total. The molecule has 2 aliphatic rings. The molecular formula is C22H27ClN2. The largest absolute Gasteiger partial charge is 0.356 e. The number of aliphatic imine (C=N–C) groups is 1. The molecule has 1 aliphatic heterocycles. The summed E-state index contributed by atoms with van der Waals surface area (Å²) in [6.45, 7) is 2.15. The molecule has 2 aromatic rings. The van der Waals surface area contributed by atoms with Gasteiger partial charge in [0.05, 0.1) is 11.9 Å². The molecule has 0 radical (unpaired) electrons. The highest BCUT2D eigenvalue weighted by atomic mass is 35.5. The van der Waals surface area contributed by atoms with Crippen LogP contribution in [0.2, 0.25) is 0 Å². The molecule has 1 heterocycles. The smallest absolute Gasteiger partial charge is 0.0996 e. The molecule has 1 aliphatic carbocycles. The van der Waals surface area contributed by atoms with Crippen molar-refractivity contribution in [2.24, 2.45) is 4.99 Å². The zero-order valence-electron chi connectivity index (χ0n) is 14.7. The van der Waals surface area contributed by atoms with Gasteiger partial charge < -0.3 is 4.90 Å². The van der Waals surface area contributed by atoms with E-state index in [-0.39, 0.29) is 12.4 Å². The van der Waals surface area contributed by atoms with Crippen LogP contribution in [-0.2, 0) is 6.54 Å². The van der Waals surface area contributed by atoms with E-state index in [0.717, 1.165) is 19.5 Å². The average Bonchev–Trinajstić information content (AvgIpc) is 3.27. The molecule has 0 bridgehead atoms. The Bertz CT molecular complexity index is 684. The Labute approximate surface area is 157 Å². The zero-order chi connectivity index (χ0) is 16.2. The van der Waals surface area contributed by atoms with Gasteiger partial charge >= 0.3 is 0 Å². The second-order valence-corrected chi connectivity index (χ2v) is 7.07. The van der Waals surface area contributed by atoms with E-state index in [4.69, 9.17) is 4.99 Å². The Hall–Kier alpha value is -1.80. The first-order valence-corrected chi connectivity index (χ1v) is 9.30. The molecule has 0 amide bonds. The molecule has 25 heavy (non-hydrogen) atoms. The highest BCUT2D eigenvalue weighted by molar-refractivity contribution is 5.85. The Kier molecular flexibility index (Phi) is 6.14. The van der Waals surface area contributed by atoms with Crippen LogP contribution in [0.4, 0.5) is 0 Å². The predicted molar refractivity (Wildman–Crippen MR) is 108 cm³/mol. The molecule has 3 heteroatoms. The van der Waals surface area contributed by atoms with Crippen LogP contribution in [0.25, 0.3) is 0 Å². The molecule has 1 saturated heterocycles. The lowest BCUT2D eigenvalue weighted by Gasteiger charge is -2.23. The highest BCUT2D eigenvalue weighted by Gasteiger charge is 2.30. The number of amidine groups is 1. The van der Waals surface area contributed by atoms with Gasteiger partial charge in [-0.1, -0.05) is 67.1 Å². The topological polar surface area (TPSA) is 15.6 Å². The van der Waals surface area contributed by atoms with E-state index in [2.05, 4.69) is 65.6 Å². The van der Waals surface area contributed by atoms with E-state index in [0.29, 0.717) is 12.0 Å². The molecule has 2 fully saturated rings. The van der Waals surface area contributed by atoms with Gasteiger partial charge in [-0.05, 0) is 30.4 Å². The monoisotopic (exact) mass is 354 g/mol. The summed E-state index contributed by atoms with van der Waals surface area (Å²) >= 11 is 0. The first-order chi connectivity index (χ1) is 11.9. The van der Waals surface area contributed by atoms with Crippen LogP contribution in [0.5, 0.6) is 0 Å². The number of nitrogens with zero attached hydrogens (tertiary/aromatic N) is 2. The highest BCUT2D eigenvalue weighted by Crippen LogP contribution is 2.37. The van der Waals surface area contributed by atoms with Crippen LogP contribution in [-0.4, -0.2) is 23.3 Å². The maximum atomic E-state index is 5.25. The van der Waals surface area contributed by atoms with Crippen LogP contribution in [0.1, 0.15) is 49.1 Å². The van der Waals surface area contributed by atoms with Crippen LogP contribution in [0, 0.1) is 0 Å². The van der Waals surface area contributed by atoms with Crippen LogP contribution in [0.15, 0.2) is 65.7 Å². The summed E-state index contributed by atoms with van der Waals surface area (Å²) in [5, 5.41) is 0. The quantitative estimate of drug-likeness (QED) is 0.713. The molecular weight excluding hydrogens is 328 g/mol. The van der Waals surface area contributed by atoms with Crippen molar-refractivity contribution >= 4 is 18.2 Å². The molecule has 132 valence electrons. The summed E-state index contributed by atoms with van der Waals surface area (Å²) in [6, 6.07) is 22.2. The standard InChI is InChI=1S/C22H26N2.ClH/c1-3-9-18(10-4-1)17-24-16-8-15-22(24)23-21-14-7-13-20(21)19-11-5-2-6-12-19;/h1-6,9-12,20-21H,7-8,13-17H2;1H/b23-22+;/t20-,21-;/m0./s1. The van der Waals surface area contributed by atoms with Gasteiger partial charge in [0.1, 0.15) is 0 Å². The fraction of sp³-hybridized carbons (Fsp3) is 0.409. The van der Waals surface area contributed by atoms with Gasteiger partial charge in [-0.15, -0.1) is 12.4 Å². The number of likely N-dealkylation sites (tertiary alicyclic amines) is 1. The van der Waals surface area contributed by atoms with E-state index in [1.807, 2.05) is 0 Å². The molecule has 2 aromatic carbocycles. The number of halogens is 1. The van der Waals surface area contributed by atoms with E-state index >= 15 is 0 Å². The minimum Gasteiger partial charge on any atom is -0.356 e. The van der Waals surface area contributed by atoms with E-state index < -0.39 is 0 Å². The fourth-order valence-corrected chi connectivity index (χ4v) is 4.21. The van der Waals surface area contributed by atoms with Crippen molar-refractivity contribution in [2.45, 2.75) is 50.6 Å². The summed E-state index contributed by atoms with van der Waals surface area (Å²) in [6.07, 6.45) is 6.21. The Morgan fingerprint density at radius 2 is 1.60 bits per heavy atom. The molecule has 0 unspecified atom stereocenters. The average molecular weight is 355 g/mol. The Balaban J connectivity index is 0.00000182. The lowest BCUT2D eigenvalue weighted by atomic mass is 9.94. The third kappa shape index (κ3) is 4.24. The summed E-state index contributed by atoms with van der Waals surface area (Å²) in [5.74, 6) is 1.95. The van der Waals surface area contributed by atoms with Crippen LogP contribution in [0.3, 0.4) is 0 Å². The van der Waals surface area contributed by atoms with E-state index in [1.54, 1.807) is 0 Å². The van der Waals surface area contributed by atoms with Crippen LogP contribution < -0.4 is 0 Å². The molecule has 0 aromatic heterocycles. The number of benzene rings is 2. The van der Waals surface area contributed by atoms with E-state index in [1.165, 1.54) is 42.6 Å². The summed E-state index contributed by atoms with van der Waals surface area (Å²) < 4.78 is 0. The number of hydrogen-bond donors (Lipinski definition) is 0. The minimum atomic E-state index is 0. The van der Waals surface area contributed by atoms with Gasteiger partial charge in [-0.25, -0.2) is 0 Å². The van der Waals surface area contributed by atoms with Crippen LogP contribution >= 0.6 is 12.4 Å². The van der Waals surface area contributed by atoms with Gasteiger partial charge in [0, 0.05) is 25.4 Å². The Morgan fingerprint density at radius 3 is 2.36 bits per heavy atom. The van der Waals surface area contributed by atoms with Crippen molar-refractivity contribution in [1.82, 2.24) is 4.90 Å². The summed E-state index contributed by atoms with van der Waals surface area (Å²) in [5.41, 5.74) is 2.86. The van der Waals surface area contributed by atoms with Gasteiger partial charge in [0.15, 0.2) is 0 Å². The number of rotatable bonds is 4. The molecule has 4 rings (SSSR count). The first kappa shape index (κ1) is 18.0. The maximum Gasteiger partial charge on any atom is 0.0996 e. The zero-order valence-corrected chi connectivity index (χ0v) is 15.5. The first-order valence-electron chi connectivity index (χ1n) is 9.30. The lowest BCUT2D eigenvalue weighted by Crippen LogP contribution is -2.26. The third-order valence-electron chi connectivity index (χ3n) is 5.43. The normalized spacial score (nSPS) is 24.5. The lowest BCUT2D eigenvalue weighted by molar-refractivity contribution is 0.442.